The van der Waals surface area contributed by atoms with Crippen LogP contribution in [-0.4, -0.2) is 72.3 Å². The van der Waals surface area contributed by atoms with Gasteiger partial charge in [-0.25, -0.2) is 4.79 Å². The van der Waals surface area contributed by atoms with Crippen LogP contribution in [0, 0.1) is 29.1 Å². The zero-order valence-corrected chi connectivity index (χ0v) is 32.2. The number of hydrogen-bond donors (Lipinski definition) is 1. The molecule has 1 heterocycles. The first kappa shape index (κ1) is 41.9. The van der Waals surface area contributed by atoms with Gasteiger partial charge in [0.25, 0.3) is 0 Å². The molecule has 1 aliphatic heterocycles. The number of benzene rings is 1. The van der Waals surface area contributed by atoms with Crippen molar-refractivity contribution in [3.63, 3.8) is 0 Å². The Balaban J connectivity index is 1.45. The summed E-state index contributed by atoms with van der Waals surface area (Å²) < 4.78 is 10.4. The number of nitrogens with one attached hydrogen (secondary N) is 1. The van der Waals surface area contributed by atoms with E-state index in [0.29, 0.717) is 31.4 Å². The summed E-state index contributed by atoms with van der Waals surface area (Å²) in [6.07, 6.45) is 9.25. The largest absolute Gasteiger partial charge is 0.467 e. The summed E-state index contributed by atoms with van der Waals surface area (Å²) in [5.41, 5.74) is 0.354. The number of rotatable bonds is 19. The minimum atomic E-state index is -1.06. The van der Waals surface area contributed by atoms with E-state index in [1.54, 1.807) is 35.2 Å². The molecule has 1 N–H and O–H groups in total. The minimum absolute atomic E-state index is 0.00855. The van der Waals surface area contributed by atoms with Gasteiger partial charge in [-0.2, -0.15) is 0 Å². The Morgan fingerprint density at radius 3 is 2.21 bits per heavy atom. The first-order valence-electron chi connectivity index (χ1n) is 19.9. The number of amides is 2. The van der Waals surface area contributed by atoms with Gasteiger partial charge in [0.15, 0.2) is 17.6 Å². The van der Waals surface area contributed by atoms with Crippen LogP contribution in [0.4, 0.5) is 0 Å². The van der Waals surface area contributed by atoms with Gasteiger partial charge < -0.3 is 19.7 Å². The van der Waals surface area contributed by atoms with E-state index in [2.05, 4.69) is 5.32 Å². The van der Waals surface area contributed by atoms with Gasteiger partial charge in [-0.05, 0) is 61.3 Å². The first-order chi connectivity index (χ1) is 25.4. The number of likely N-dealkylation sites (tertiary alicyclic amines) is 1. The van der Waals surface area contributed by atoms with E-state index in [0.717, 1.165) is 57.8 Å². The third kappa shape index (κ3) is 11.5. The molecule has 1 aromatic carbocycles. The van der Waals surface area contributed by atoms with Gasteiger partial charge in [-0.3, -0.25) is 28.8 Å². The molecule has 2 aliphatic carbocycles. The van der Waals surface area contributed by atoms with Gasteiger partial charge >= 0.3 is 11.9 Å². The van der Waals surface area contributed by atoms with E-state index in [9.17, 15) is 33.6 Å². The van der Waals surface area contributed by atoms with Gasteiger partial charge in [0, 0.05) is 31.7 Å². The van der Waals surface area contributed by atoms with Crippen LogP contribution in [-0.2, 0) is 43.0 Å². The summed E-state index contributed by atoms with van der Waals surface area (Å²) in [5.74, 6) is -4.69. The molecule has 292 valence electrons. The number of esters is 2. The highest BCUT2D eigenvalue weighted by atomic mass is 16.5. The summed E-state index contributed by atoms with van der Waals surface area (Å²) >= 11 is 0. The molecule has 11 heteroatoms. The Morgan fingerprint density at radius 1 is 0.906 bits per heavy atom. The number of methoxy groups -OCH3 is 1. The topological polar surface area (TPSA) is 153 Å². The maximum Gasteiger partial charge on any atom is 0.333 e. The molecule has 2 saturated carbocycles. The molecular weight excluding hydrogens is 676 g/mol. The molecule has 4 atom stereocenters. The average molecular weight is 737 g/mol. The van der Waals surface area contributed by atoms with E-state index in [1.807, 2.05) is 20.8 Å². The lowest BCUT2D eigenvalue weighted by molar-refractivity contribution is -0.152. The second-order valence-corrected chi connectivity index (χ2v) is 16.1. The smallest absolute Gasteiger partial charge is 0.333 e. The van der Waals surface area contributed by atoms with Crippen molar-refractivity contribution >= 4 is 41.1 Å². The fraction of sp³-hybridized carbons (Fsp3) is 0.690. The average Bonchev–Trinajstić information content (AvgIpc) is 3.80. The second-order valence-electron chi connectivity index (χ2n) is 16.1. The number of nitrogens with zero attached hydrogens (tertiary/aromatic N) is 1. The highest BCUT2D eigenvalue weighted by Crippen LogP contribution is 2.49. The van der Waals surface area contributed by atoms with E-state index < -0.39 is 47.4 Å². The molecule has 11 nitrogen and oxygen atoms in total. The molecule has 1 saturated heterocycles. The van der Waals surface area contributed by atoms with Crippen LogP contribution in [0.25, 0.3) is 0 Å². The lowest BCUT2D eigenvalue weighted by atomic mass is 9.77. The predicted molar refractivity (Wildman–Crippen MR) is 198 cm³/mol. The Labute approximate surface area is 314 Å². The maximum absolute atomic E-state index is 14.6. The molecule has 1 aromatic rings. The molecule has 53 heavy (non-hydrogen) atoms. The summed E-state index contributed by atoms with van der Waals surface area (Å²) in [6.45, 7) is 6.56. The lowest BCUT2D eigenvalue weighted by Gasteiger charge is -2.34. The van der Waals surface area contributed by atoms with Crippen molar-refractivity contribution < 1.29 is 43.0 Å². The molecule has 2 unspecified atom stereocenters. The van der Waals surface area contributed by atoms with Crippen LogP contribution in [0.3, 0.4) is 0 Å². The number of carbonyl (C=O) groups is 7. The van der Waals surface area contributed by atoms with Gasteiger partial charge in [0.2, 0.25) is 17.6 Å². The van der Waals surface area contributed by atoms with E-state index in [-0.39, 0.29) is 67.2 Å². The Bertz CT molecular complexity index is 1450. The maximum atomic E-state index is 14.6. The van der Waals surface area contributed by atoms with Gasteiger partial charge in [-0.1, -0.05) is 89.6 Å². The normalized spacial score (nSPS) is 20.1. The lowest BCUT2D eigenvalue weighted by Crippen LogP contribution is -2.47. The zero-order valence-electron chi connectivity index (χ0n) is 32.2. The van der Waals surface area contributed by atoms with Gasteiger partial charge in [0.05, 0.1) is 32.1 Å². The number of hydrogen-bond acceptors (Lipinski definition) is 9. The molecule has 3 aliphatic rings. The summed E-state index contributed by atoms with van der Waals surface area (Å²) in [4.78, 5) is 95.6. The van der Waals surface area contributed by atoms with Crippen molar-refractivity contribution in [3.8, 4) is 0 Å². The van der Waals surface area contributed by atoms with Gasteiger partial charge in [-0.15, -0.1) is 0 Å². The molecule has 0 aromatic heterocycles. The van der Waals surface area contributed by atoms with Crippen LogP contribution in [0.5, 0.6) is 0 Å². The summed E-state index contributed by atoms with van der Waals surface area (Å²) in [7, 11) is 1.22. The van der Waals surface area contributed by atoms with Crippen LogP contribution in [0.15, 0.2) is 30.3 Å². The first-order valence-corrected chi connectivity index (χ1v) is 19.9. The Hall–Kier alpha value is -3.89. The fourth-order valence-corrected chi connectivity index (χ4v) is 8.67. The van der Waals surface area contributed by atoms with E-state index >= 15 is 0 Å². The number of ether oxygens (including phenoxy) is 2. The van der Waals surface area contributed by atoms with Crippen LogP contribution >= 0.6 is 0 Å². The van der Waals surface area contributed by atoms with Crippen molar-refractivity contribution in [3.05, 3.63) is 35.9 Å². The monoisotopic (exact) mass is 736 g/mol. The van der Waals surface area contributed by atoms with Gasteiger partial charge in [0.1, 0.15) is 0 Å². The number of carbonyl (C=O) groups excluding carboxylic acids is 7. The quantitative estimate of drug-likeness (QED) is 0.128. The zero-order chi connectivity index (χ0) is 38.5. The van der Waals surface area contributed by atoms with Crippen LogP contribution in [0.2, 0.25) is 0 Å². The Kier molecular flexibility index (Phi) is 15.8. The number of ketones is 3. The van der Waals surface area contributed by atoms with Crippen LogP contribution < -0.4 is 5.32 Å². The number of Topliss-reactive ketones (excluding diaryl/α,β-unsaturated/α-hetero) is 3. The SMILES string of the molecule is CCCC(CC(=O)[C@@H]1CC2(CCCC2)CN1C(=O)[C@@H](CC(=O)OCC(C)C)C1CCCCC1)C(=O)C(=O)CCC(=O)NC(C(=O)OC)c1ccccc1. The van der Waals surface area contributed by atoms with E-state index in [1.165, 1.54) is 7.11 Å². The highest BCUT2D eigenvalue weighted by molar-refractivity contribution is 6.38. The van der Waals surface area contributed by atoms with Crippen molar-refractivity contribution in [2.75, 3.05) is 20.3 Å². The molecule has 0 radical (unpaired) electrons. The summed E-state index contributed by atoms with van der Waals surface area (Å²) in [6, 6.07) is 6.79. The molecule has 2 amide bonds. The minimum Gasteiger partial charge on any atom is -0.467 e. The van der Waals surface area contributed by atoms with Crippen molar-refractivity contribution in [2.45, 2.75) is 136 Å². The van der Waals surface area contributed by atoms with E-state index in [4.69, 9.17) is 9.47 Å². The summed E-state index contributed by atoms with van der Waals surface area (Å²) in [5, 5.41) is 2.60. The van der Waals surface area contributed by atoms with Crippen LogP contribution in [0.1, 0.15) is 135 Å². The molecular formula is C42H60N2O9. The third-order valence-corrected chi connectivity index (χ3v) is 11.5. The second kappa shape index (κ2) is 20.0. The van der Waals surface area contributed by atoms with Crippen molar-refractivity contribution in [2.24, 2.45) is 29.1 Å². The Morgan fingerprint density at radius 2 is 1.58 bits per heavy atom. The third-order valence-electron chi connectivity index (χ3n) is 11.5. The van der Waals surface area contributed by atoms with Crippen molar-refractivity contribution in [1.29, 1.82) is 0 Å². The van der Waals surface area contributed by atoms with Crippen molar-refractivity contribution in [1.82, 2.24) is 10.2 Å². The molecule has 0 bridgehead atoms. The molecule has 3 fully saturated rings. The molecule has 1 spiro atoms. The highest BCUT2D eigenvalue weighted by Gasteiger charge is 2.51. The standard InChI is InChI=1S/C42H60N2O9/c1-5-14-31(39(49)34(45)19-20-36(47)43-38(41(51)52-4)30-17-10-7-11-18-30)23-35(46)33-25-42(21-12-13-22-42)27-44(33)40(50)32(29-15-8-6-9-16-29)24-37(48)53-26-28(2)3/h7,10-11,17-18,28-29,31-33,38H,5-6,8-9,12-16,19-27H2,1-4H3,(H,43,47)/t31?,32-,33-,38?/m0/s1. The predicted octanol–water partition coefficient (Wildman–Crippen LogP) is 6.26. The fourth-order valence-electron chi connectivity index (χ4n) is 8.67. The molecule has 4 rings (SSSR count).